The number of nitrogens with zero attached hydrogens (tertiary/aromatic N) is 3. The number of piperidine rings is 1. The zero-order chi connectivity index (χ0) is 15.6. The van der Waals surface area contributed by atoms with E-state index in [0.717, 1.165) is 48.5 Å². The molecule has 5 heteroatoms. The first-order valence-corrected chi connectivity index (χ1v) is 8.07. The molecule has 4 rings (SSSR count). The number of hydrogen-bond acceptors (Lipinski definition) is 3. The molecule has 0 radical (unpaired) electrons. The average Bonchev–Trinajstić information content (AvgIpc) is 2.95. The topological polar surface area (TPSA) is 42.7 Å². The summed E-state index contributed by atoms with van der Waals surface area (Å²) in [6, 6.07) is 10.6. The van der Waals surface area contributed by atoms with Crippen LogP contribution in [0.3, 0.4) is 0 Å². The van der Waals surface area contributed by atoms with E-state index in [1.165, 1.54) is 6.07 Å². The summed E-state index contributed by atoms with van der Waals surface area (Å²) in [6.07, 6.45) is 4.07. The predicted molar refractivity (Wildman–Crippen MR) is 87.9 cm³/mol. The van der Waals surface area contributed by atoms with Crippen molar-refractivity contribution in [3.8, 4) is 0 Å². The number of halogens is 1. The van der Waals surface area contributed by atoms with Gasteiger partial charge in [-0.15, -0.1) is 0 Å². The van der Waals surface area contributed by atoms with E-state index in [2.05, 4.69) is 14.9 Å². The summed E-state index contributed by atoms with van der Waals surface area (Å²) in [5, 5.41) is 3.44. The summed E-state index contributed by atoms with van der Waals surface area (Å²) < 4.78 is 15.7. The maximum atomic E-state index is 13.5. The molecule has 2 aromatic heterocycles. The molecule has 1 N–H and O–H groups in total. The molecule has 1 unspecified atom stereocenters. The zero-order valence-electron chi connectivity index (χ0n) is 12.9. The monoisotopic (exact) mass is 310 g/mol. The summed E-state index contributed by atoms with van der Waals surface area (Å²) in [5.41, 5.74) is 2.71. The zero-order valence-corrected chi connectivity index (χ0v) is 12.9. The van der Waals surface area contributed by atoms with E-state index in [4.69, 9.17) is 4.98 Å². The second kappa shape index (κ2) is 6.08. The molecule has 1 saturated heterocycles. The second-order valence-electron chi connectivity index (χ2n) is 6.08. The van der Waals surface area contributed by atoms with E-state index in [-0.39, 0.29) is 5.82 Å². The van der Waals surface area contributed by atoms with Crippen molar-refractivity contribution in [1.29, 1.82) is 0 Å². The third-order valence-corrected chi connectivity index (χ3v) is 4.43. The molecule has 0 saturated carbocycles. The van der Waals surface area contributed by atoms with Crippen molar-refractivity contribution in [1.82, 2.24) is 19.9 Å². The van der Waals surface area contributed by atoms with Crippen molar-refractivity contribution in [2.45, 2.75) is 25.3 Å². The Morgan fingerprint density at radius 2 is 2.22 bits per heavy atom. The normalized spacial score (nSPS) is 18.4. The minimum Gasteiger partial charge on any atom is -0.316 e. The fraction of sp³-hybridized carbons (Fsp3) is 0.333. The molecule has 0 bridgehead atoms. The van der Waals surface area contributed by atoms with Crippen LogP contribution in [0.5, 0.6) is 0 Å². The van der Waals surface area contributed by atoms with Crippen molar-refractivity contribution in [2.75, 3.05) is 13.1 Å². The molecular formula is C18H19FN4. The number of benzene rings is 1. The van der Waals surface area contributed by atoms with Gasteiger partial charge in [-0.3, -0.25) is 0 Å². The molecule has 1 aliphatic heterocycles. The molecule has 1 atom stereocenters. The highest BCUT2D eigenvalue weighted by Crippen LogP contribution is 2.26. The molecule has 1 aromatic carbocycles. The first kappa shape index (κ1) is 14.3. The van der Waals surface area contributed by atoms with Crippen LogP contribution in [-0.2, 0) is 6.54 Å². The van der Waals surface area contributed by atoms with E-state index in [1.54, 1.807) is 18.3 Å². The summed E-state index contributed by atoms with van der Waals surface area (Å²) >= 11 is 0. The van der Waals surface area contributed by atoms with Crippen LogP contribution in [0, 0.1) is 5.82 Å². The number of nitrogens with one attached hydrogen (secondary N) is 1. The first-order chi connectivity index (χ1) is 11.3. The Kier molecular flexibility index (Phi) is 3.79. The molecule has 118 valence electrons. The van der Waals surface area contributed by atoms with E-state index in [9.17, 15) is 4.39 Å². The highest BCUT2D eigenvalue weighted by molar-refractivity contribution is 5.71. The molecule has 3 heterocycles. The lowest BCUT2D eigenvalue weighted by Gasteiger charge is -2.23. The van der Waals surface area contributed by atoms with E-state index in [0.29, 0.717) is 12.5 Å². The largest absolute Gasteiger partial charge is 0.316 e. The SMILES string of the molecule is Fc1cccc(Cn2c(C3CCCNC3)nc3cccnc32)c1. The summed E-state index contributed by atoms with van der Waals surface area (Å²) in [7, 11) is 0. The van der Waals surface area contributed by atoms with Crippen LogP contribution in [0.4, 0.5) is 4.39 Å². The van der Waals surface area contributed by atoms with Gasteiger partial charge in [0.1, 0.15) is 17.2 Å². The number of hydrogen-bond donors (Lipinski definition) is 1. The van der Waals surface area contributed by atoms with Crippen LogP contribution >= 0.6 is 0 Å². The van der Waals surface area contributed by atoms with Gasteiger partial charge >= 0.3 is 0 Å². The second-order valence-corrected chi connectivity index (χ2v) is 6.08. The van der Waals surface area contributed by atoms with Crippen LogP contribution in [-0.4, -0.2) is 27.6 Å². The predicted octanol–water partition coefficient (Wildman–Crippen LogP) is 3.09. The fourth-order valence-corrected chi connectivity index (χ4v) is 3.33. The molecule has 23 heavy (non-hydrogen) atoms. The lowest BCUT2D eigenvalue weighted by Crippen LogP contribution is -2.30. The summed E-state index contributed by atoms with van der Waals surface area (Å²) in [6.45, 7) is 2.60. The number of pyridine rings is 1. The van der Waals surface area contributed by atoms with E-state index < -0.39 is 0 Å². The van der Waals surface area contributed by atoms with Gasteiger partial charge in [-0.2, -0.15) is 0 Å². The van der Waals surface area contributed by atoms with Gasteiger partial charge in [-0.1, -0.05) is 12.1 Å². The third-order valence-electron chi connectivity index (χ3n) is 4.43. The van der Waals surface area contributed by atoms with Gasteiger partial charge in [-0.05, 0) is 49.2 Å². The Balaban J connectivity index is 1.79. The minimum absolute atomic E-state index is 0.208. The molecule has 1 fully saturated rings. The lowest BCUT2D eigenvalue weighted by molar-refractivity contribution is 0.437. The standard InChI is InChI=1S/C18H19FN4/c19-15-6-1-4-13(10-15)12-23-17(14-5-2-8-20-11-14)22-16-7-3-9-21-18(16)23/h1,3-4,6-7,9-10,14,20H,2,5,8,11-12H2. The van der Waals surface area contributed by atoms with Crippen molar-refractivity contribution < 1.29 is 4.39 Å². The average molecular weight is 310 g/mol. The number of fused-ring (bicyclic) bond motifs is 1. The molecule has 1 aliphatic rings. The number of aromatic nitrogens is 3. The smallest absolute Gasteiger partial charge is 0.160 e. The molecule has 0 amide bonds. The van der Waals surface area contributed by atoms with Crippen molar-refractivity contribution >= 4 is 11.2 Å². The Bertz CT molecular complexity index is 821. The van der Waals surface area contributed by atoms with Gasteiger partial charge in [0, 0.05) is 18.7 Å². The van der Waals surface area contributed by atoms with Gasteiger partial charge in [0.25, 0.3) is 0 Å². The molecule has 4 nitrogen and oxygen atoms in total. The Hall–Kier alpha value is -2.27. The minimum atomic E-state index is -0.208. The summed E-state index contributed by atoms with van der Waals surface area (Å²) in [4.78, 5) is 9.32. The fourth-order valence-electron chi connectivity index (χ4n) is 3.33. The van der Waals surface area contributed by atoms with Crippen LogP contribution in [0.2, 0.25) is 0 Å². The number of imidazole rings is 1. The van der Waals surface area contributed by atoms with Crippen LogP contribution in [0.15, 0.2) is 42.6 Å². The van der Waals surface area contributed by atoms with Gasteiger partial charge in [0.15, 0.2) is 5.65 Å². The molecule has 0 aliphatic carbocycles. The maximum absolute atomic E-state index is 13.5. The van der Waals surface area contributed by atoms with Gasteiger partial charge in [0.2, 0.25) is 0 Å². The maximum Gasteiger partial charge on any atom is 0.160 e. The lowest BCUT2D eigenvalue weighted by atomic mass is 9.99. The first-order valence-electron chi connectivity index (χ1n) is 8.07. The Morgan fingerprint density at radius 3 is 3.04 bits per heavy atom. The van der Waals surface area contributed by atoms with Crippen molar-refractivity contribution in [2.24, 2.45) is 0 Å². The van der Waals surface area contributed by atoms with Crippen LogP contribution < -0.4 is 5.32 Å². The molecule has 3 aromatic rings. The highest BCUT2D eigenvalue weighted by Gasteiger charge is 2.22. The number of rotatable bonds is 3. The van der Waals surface area contributed by atoms with E-state index in [1.807, 2.05) is 18.2 Å². The van der Waals surface area contributed by atoms with Gasteiger partial charge in [0.05, 0.1) is 6.54 Å². The van der Waals surface area contributed by atoms with Crippen LogP contribution in [0.25, 0.3) is 11.2 Å². The van der Waals surface area contributed by atoms with Crippen molar-refractivity contribution in [3.63, 3.8) is 0 Å². The quantitative estimate of drug-likeness (QED) is 0.808. The molecule has 0 spiro atoms. The Labute approximate surface area is 134 Å². The highest BCUT2D eigenvalue weighted by atomic mass is 19.1. The molecular weight excluding hydrogens is 291 g/mol. The van der Waals surface area contributed by atoms with Crippen molar-refractivity contribution in [3.05, 3.63) is 59.8 Å². The Morgan fingerprint density at radius 1 is 1.26 bits per heavy atom. The third kappa shape index (κ3) is 2.84. The van der Waals surface area contributed by atoms with E-state index >= 15 is 0 Å². The van der Waals surface area contributed by atoms with Gasteiger partial charge in [-0.25, -0.2) is 14.4 Å². The van der Waals surface area contributed by atoms with Crippen LogP contribution in [0.1, 0.15) is 30.1 Å². The summed E-state index contributed by atoms with van der Waals surface area (Å²) in [5.74, 6) is 1.22. The van der Waals surface area contributed by atoms with Gasteiger partial charge < -0.3 is 9.88 Å².